The topological polar surface area (TPSA) is 72.9 Å². The molecular weight excluding hydrogens is 358 g/mol. The average molecular weight is 387 g/mol. The Bertz CT molecular complexity index is 733. The summed E-state index contributed by atoms with van der Waals surface area (Å²) in [5.74, 6) is -1.09. The van der Waals surface area contributed by atoms with Crippen LogP contribution in [0.25, 0.3) is 0 Å². The van der Waals surface area contributed by atoms with Crippen molar-refractivity contribution in [2.24, 2.45) is 0 Å². The number of allylic oxidation sites excluding steroid dienone is 1. The summed E-state index contributed by atoms with van der Waals surface area (Å²) in [5.41, 5.74) is 0.522. The number of hydrogen-bond donors (Lipinski definition) is 0. The second-order valence-corrected chi connectivity index (χ2v) is 7.84. The van der Waals surface area contributed by atoms with Crippen molar-refractivity contribution in [2.75, 3.05) is 0 Å². The van der Waals surface area contributed by atoms with Gasteiger partial charge in [-0.2, -0.15) is 0 Å². The maximum atomic E-state index is 12.8. The Morgan fingerprint density at radius 2 is 1.89 bits per heavy atom. The molecule has 0 bridgehead atoms. The molecule has 0 aromatic heterocycles. The third-order valence-corrected chi connectivity index (χ3v) is 4.25. The van der Waals surface area contributed by atoms with Crippen LogP contribution in [0.4, 0.5) is 4.79 Å². The van der Waals surface area contributed by atoms with Gasteiger partial charge in [0.1, 0.15) is 18.2 Å². The molecule has 0 unspecified atom stereocenters. The molecular formula is C22H29NO5. The first-order valence-corrected chi connectivity index (χ1v) is 9.69. The molecule has 0 spiro atoms. The third kappa shape index (κ3) is 5.94. The van der Waals surface area contributed by atoms with Crippen molar-refractivity contribution in [2.45, 2.75) is 71.6 Å². The highest BCUT2D eigenvalue weighted by atomic mass is 16.6. The van der Waals surface area contributed by atoms with Gasteiger partial charge in [0.2, 0.25) is 0 Å². The molecule has 6 nitrogen and oxygen atoms in total. The fraction of sp³-hybridized carbons (Fsp3) is 0.500. The summed E-state index contributed by atoms with van der Waals surface area (Å²) in [7, 11) is 0. The Morgan fingerprint density at radius 3 is 2.50 bits per heavy atom. The summed E-state index contributed by atoms with van der Waals surface area (Å²) in [5, 5.41) is 0. The monoisotopic (exact) mass is 387 g/mol. The van der Waals surface area contributed by atoms with Crippen LogP contribution in [0.1, 0.15) is 58.9 Å². The van der Waals surface area contributed by atoms with Crippen molar-refractivity contribution >= 4 is 18.0 Å². The van der Waals surface area contributed by atoms with Gasteiger partial charge in [0.05, 0.1) is 0 Å². The van der Waals surface area contributed by atoms with E-state index < -0.39 is 29.6 Å². The summed E-state index contributed by atoms with van der Waals surface area (Å²) in [6.45, 7) is 7.29. The van der Waals surface area contributed by atoms with Crippen LogP contribution in [0.15, 0.2) is 42.0 Å². The molecule has 1 atom stereocenters. The largest absolute Gasteiger partial charge is 0.459 e. The molecule has 0 radical (unpaired) electrons. The molecule has 6 heteroatoms. The number of unbranched alkanes of at least 4 members (excludes halogenated alkanes) is 2. The molecule has 1 aliphatic heterocycles. The number of benzene rings is 1. The summed E-state index contributed by atoms with van der Waals surface area (Å²) in [4.78, 5) is 38.9. The lowest BCUT2D eigenvalue weighted by atomic mass is 10.1. The van der Waals surface area contributed by atoms with Crippen LogP contribution in [-0.4, -0.2) is 34.5 Å². The van der Waals surface area contributed by atoms with E-state index in [4.69, 9.17) is 9.47 Å². The summed E-state index contributed by atoms with van der Waals surface area (Å²) < 4.78 is 10.7. The molecule has 1 fully saturated rings. The number of carbonyl (C=O) groups is 3. The van der Waals surface area contributed by atoms with Gasteiger partial charge in [-0.05, 0) is 32.8 Å². The second-order valence-electron chi connectivity index (χ2n) is 7.84. The molecule has 1 aromatic rings. The van der Waals surface area contributed by atoms with E-state index in [1.165, 1.54) is 0 Å². The number of hydrogen-bond acceptors (Lipinski definition) is 5. The molecule has 0 saturated carbocycles. The van der Waals surface area contributed by atoms with Crippen molar-refractivity contribution < 1.29 is 23.9 Å². The summed E-state index contributed by atoms with van der Waals surface area (Å²) in [6, 6.07) is 8.26. The van der Waals surface area contributed by atoms with Crippen molar-refractivity contribution in [3.8, 4) is 0 Å². The molecule has 2 amide bonds. The fourth-order valence-electron chi connectivity index (χ4n) is 2.87. The van der Waals surface area contributed by atoms with Crippen LogP contribution in [0.2, 0.25) is 0 Å². The Hall–Kier alpha value is -2.63. The quantitative estimate of drug-likeness (QED) is 0.411. The van der Waals surface area contributed by atoms with E-state index in [1.54, 1.807) is 20.8 Å². The maximum Gasteiger partial charge on any atom is 0.418 e. The second kappa shape index (κ2) is 9.53. The smallest absolute Gasteiger partial charge is 0.418 e. The number of esters is 1. The van der Waals surface area contributed by atoms with Crippen molar-refractivity contribution in [3.05, 3.63) is 47.5 Å². The first-order valence-electron chi connectivity index (χ1n) is 9.69. The van der Waals surface area contributed by atoms with Crippen LogP contribution in [0.3, 0.4) is 0 Å². The first kappa shape index (κ1) is 21.7. The molecule has 152 valence electrons. The molecule has 1 saturated heterocycles. The van der Waals surface area contributed by atoms with Crippen molar-refractivity contribution in [3.63, 3.8) is 0 Å². The van der Waals surface area contributed by atoms with E-state index in [2.05, 4.69) is 6.92 Å². The Morgan fingerprint density at radius 1 is 1.21 bits per heavy atom. The van der Waals surface area contributed by atoms with E-state index in [0.29, 0.717) is 5.57 Å². The zero-order chi connectivity index (χ0) is 20.7. The minimum atomic E-state index is -1.00. The van der Waals surface area contributed by atoms with Crippen LogP contribution in [0, 0.1) is 0 Å². The lowest BCUT2D eigenvalue weighted by molar-refractivity contribution is -0.152. The Kier molecular flexibility index (Phi) is 7.38. The molecule has 28 heavy (non-hydrogen) atoms. The number of amides is 2. The lowest BCUT2D eigenvalue weighted by Crippen LogP contribution is -2.46. The molecule has 0 aliphatic carbocycles. The molecule has 1 aliphatic rings. The molecule has 2 rings (SSSR count). The average Bonchev–Trinajstić information content (AvgIpc) is 2.96. The van der Waals surface area contributed by atoms with Gasteiger partial charge in [0.15, 0.2) is 0 Å². The number of rotatable bonds is 6. The maximum absolute atomic E-state index is 12.8. The Balaban J connectivity index is 2.16. The van der Waals surface area contributed by atoms with Crippen molar-refractivity contribution in [1.29, 1.82) is 0 Å². The van der Waals surface area contributed by atoms with Gasteiger partial charge in [0.25, 0.3) is 5.91 Å². The minimum Gasteiger partial charge on any atom is -0.459 e. The van der Waals surface area contributed by atoms with E-state index in [1.807, 2.05) is 36.4 Å². The highest BCUT2D eigenvalue weighted by Crippen LogP contribution is 2.28. The standard InChI is InChI=1S/C22H29NO5/c1-5-6-8-13-17-14-18(20(25)27-15-16-11-9-7-10-12-16)23(19(17)24)21(26)28-22(2,3)4/h7,9-13,18H,5-6,8,14-15H2,1-4H3/t18-/m0/s1. The van der Waals surface area contributed by atoms with Gasteiger partial charge in [-0.1, -0.05) is 56.2 Å². The van der Waals surface area contributed by atoms with E-state index in [9.17, 15) is 14.4 Å². The normalized spacial score (nSPS) is 18.4. The predicted molar refractivity (Wildman–Crippen MR) is 105 cm³/mol. The molecule has 1 heterocycles. The van der Waals surface area contributed by atoms with Crippen LogP contribution >= 0.6 is 0 Å². The summed E-state index contributed by atoms with van der Waals surface area (Å²) >= 11 is 0. The highest BCUT2D eigenvalue weighted by Gasteiger charge is 2.46. The number of nitrogens with zero attached hydrogens (tertiary/aromatic N) is 1. The fourth-order valence-corrected chi connectivity index (χ4v) is 2.87. The van der Waals surface area contributed by atoms with Crippen LogP contribution in [0.5, 0.6) is 0 Å². The first-order chi connectivity index (χ1) is 13.2. The predicted octanol–water partition coefficient (Wildman–Crippen LogP) is 4.38. The van der Waals surface area contributed by atoms with Crippen molar-refractivity contribution in [1.82, 2.24) is 4.90 Å². The number of ether oxygens (including phenoxy) is 2. The zero-order valence-corrected chi connectivity index (χ0v) is 17.1. The SMILES string of the molecule is CCCCC=C1C[C@@H](C(=O)OCc2ccccc2)N(C(=O)OC(C)(C)C)C1=O. The zero-order valence-electron chi connectivity index (χ0n) is 17.1. The highest BCUT2D eigenvalue weighted by molar-refractivity contribution is 6.08. The Labute approximate surface area is 166 Å². The van der Waals surface area contributed by atoms with Gasteiger partial charge < -0.3 is 9.47 Å². The molecule has 1 aromatic carbocycles. The van der Waals surface area contributed by atoms with E-state index in [0.717, 1.165) is 29.7 Å². The van der Waals surface area contributed by atoms with Gasteiger partial charge in [-0.3, -0.25) is 4.79 Å². The number of carbonyl (C=O) groups excluding carboxylic acids is 3. The van der Waals surface area contributed by atoms with Crippen LogP contribution < -0.4 is 0 Å². The number of imide groups is 1. The molecule has 0 N–H and O–H groups in total. The summed E-state index contributed by atoms with van der Waals surface area (Å²) in [6.07, 6.45) is 3.80. The van der Waals surface area contributed by atoms with E-state index >= 15 is 0 Å². The third-order valence-electron chi connectivity index (χ3n) is 4.25. The van der Waals surface area contributed by atoms with Crippen LogP contribution in [-0.2, 0) is 25.7 Å². The minimum absolute atomic E-state index is 0.0847. The van der Waals surface area contributed by atoms with Gasteiger partial charge in [0, 0.05) is 12.0 Å². The van der Waals surface area contributed by atoms with Gasteiger partial charge in [-0.15, -0.1) is 0 Å². The number of likely N-dealkylation sites (tertiary alicyclic amines) is 1. The van der Waals surface area contributed by atoms with E-state index in [-0.39, 0.29) is 13.0 Å². The van der Waals surface area contributed by atoms with Gasteiger partial charge >= 0.3 is 12.1 Å². The lowest BCUT2D eigenvalue weighted by Gasteiger charge is -2.26. The van der Waals surface area contributed by atoms with Gasteiger partial charge in [-0.25, -0.2) is 14.5 Å².